The van der Waals surface area contributed by atoms with Crippen molar-refractivity contribution >= 4 is 56.4 Å². The van der Waals surface area contributed by atoms with Gasteiger partial charge in [0.25, 0.3) is 0 Å². The second-order valence-corrected chi connectivity index (χ2v) is 7.51. The van der Waals surface area contributed by atoms with Crippen LogP contribution < -0.4 is 5.32 Å². The highest BCUT2D eigenvalue weighted by atomic mass is 79.9. The number of nitrogens with zero attached hydrogens (tertiary/aromatic N) is 1. The molecule has 3 rings (SSSR count). The smallest absolute Gasteiger partial charge is 0.321 e. The van der Waals surface area contributed by atoms with Crippen molar-refractivity contribution in [2.45, 2.75) is 12.8 Å². The third-order valence-electron chi connectivity index (χ3n) is 3.66. The number of amides is 2. The Morgan fingerprint density at radius 3 is 2.61 bits per heavy atom. The Bertz CT molecular complexity index is 752. The van der Waals surface area contributed by atoms with Crippen molar-refractivity contribution in [1.82, 2.24) is 4.90 Å². The summed E-state index contributed by atoms with van der Waals surface area (Å²) >= 11 is 11.4. The van der Waals surface area contributed by atoms with Crippen LogP contribution in [-0.2, 0) is 4.79 Å². The first-order valence-electron chi connectivity index (χ1n) is 7.14. The Labute approximate surface area is 151 Å². The molecule has 4 nitrogen and oxygen atoms in total. The average molecular weight is 414 g/mol. The molecule has 2 aromatic rings. The minimum atomic E-state index is -0.194. The number of benzene rings is 1. The molecular formula is C16H14BrClN2O2S. The van der Waals surface area contributed by atoms with Gasteiger partial charge in [0.15, 0.2) is 0 Å². The van der Waals surface area contributed by atoms with Gasteiger partial charge in [0, 0.05) is 51.9 Å². The van der Waals surface area contributed by atoms with Gasteiger partial charge in [0.05, 0.1) is 5.02 Å². The van der Waals surface area contributed by atoms with E-state index in [2.05, 4.69) is 21.2 Å². The summed E-state index contributed by atoms with van der Waals surface area (Å²) in [6.07, 6.45) is 0.862. The summed E-state index contributed by atoms with van der Waals surface area (Å²) in [5.74, 6) is 0.212. The fraction of sp³-hybridized carbons (Fsp3) is 0.250. The van der Waals surface area contributed by atoms with Gasteiger partial charge in [-0.05, 0) is 40.2 Å². The van der Waals surface area contributed by atoms with Gasteiger partial charge >= 0.3 is 6.03 Å². The fourth-order valence-corrected chi connectivity index (χ4v) is 4.22. The van der Waals surface area contributed by atoms with E-state index in [0.29, 0.717) is 36.6 Å². The molecule has 2 heterocycles. The standard InChI is InChI=1S/C16H14BrClN2O2S/c17-10-7-15(23-9-10)13-2-1-11(8-14(13)18)19-16(22)20-5-3-12(21)4-6-20/h1-2,7-9H,3-6H2,(H,19,22). The normalized spacial score (nSPS) is 14.9. The molecule has 1 aliphatic heterocycles. The number of carbonyl (C=O) groups excluding carboxylic acids is 2. The topological polar surface area (TPSA) is 49.4 Å². The largest absolute Gasteiger partial charge is 0.324 e. The predicted octanol–water partition coefficient (Wildman–Crippen LogP) is 5.03. The second kappa shape index (κ2) is 7.03. The average Bonchev–Trinajstić information content (AvgIpc) is 2.94. The molecule has 0 unspecified atom stereocenters. The molecule has 0 bridgehead atoms. The molecule has 0 atom stereocenters. The number of anilines is 1. The molecule has 1 N–H and O–H groups in total. The maximum Gasteiger partial charge on any atom is 0.321 e. The monoisotopic (exact) mass is 412 g/mol. The second-order valence-electron chi connectivity index (χ2n) is 5.28. The summed E-state index contributed by atoms with van der Waals surface area (Å²) in [6, 6.07) is 7.30. The number of nitrogens with one attached hydrogen (secondary N) is 1. The molecule has 0 radical (unpaired) electrons. The minimum Gasteiger partial charge on any atom is -0.324 e. The molecule has 1 aromatic carbocycles. The maximum atomic E-state index is 12.2. The van der Waals surface area contributed by atoms with E-state index in [1.807, 2.05) is 23.6 Å². The van der Waals surface area contributed by atoms with Crippen molar-refractivity contribution in [3.63, 3.8) is 0 Å². The van der Waals surface area contributed by atoms with Gasteiger partial charge in [-0.2, -0.15) is 0 Å². The van der Waals surface area contributed by atoms with Gasteiger partial charge in [-0.15, -0.1) is 11.3 Å². The van der Waals surface area contributed by atoms with E-state index in [1.165, 1.54) is 0 Å². The molecule has 0 spiro atoms. The zero-order chi connectivity index (χ0) is 16.4. The number of thiophene rings is 1. The summed E-state index contributed by atoms with van der Waals surface area (Å²) in [5, 5.41) is 5.42. The van der Waals surface area contributed by atoms with E-state index in [-0.39, 0.29) is 11.8 Å². The predicted molar refractivity (Wildman–Crippen MR) is 97.3 cm³/mol. The molecule has 0 saturated carbocycles. The highest BCUT2D eigenvalue weighted by Crippen LogP contribution is 2.35. The Hall–Kier alpha value is -1.37. The summed E-state index contributed by atoms with van der Waals surface area (Å²) in [4.78, 5) is 26.1. The summed E-state index contributed by atoms with van der Waals surface area (Å²) in [5.41, 5.74) is 1.58. The number of ketones is 1. The zero-order valence-corrected chi connectivity index (χ0v) is 15.3. The van der Waals surface area contributed by atoms with Crippen LogP contribution in [-0.4, -0.2) is 29.8 Å². The third-order valence-corrected chi connectivity index (χ3v) is 5.70. The summed E-state index contributed by atoms with van der Waals surface area (Å²) in [7, 11) is 0. The van der Waals surface area contributed by atoms with Crippen LogP contribution in [0.4, 0.5) is 10.5 Å². The van der Waals surface area contributed by atoms with E-state index in [0.717, 1.165) is 14.9 Å². The van der Waals surface area contributed by atoms with Crippen LogP contribution in [0.5, 0.6) is 0 Å². The maximum absolute atomic E-state index is 12.2. The first kappa shape index (κ1) is 16.5. The van der Waals surface area contributed by atoms with Crippen molar-refractivity contribution < 1.29 is 9.59 Å². The van der Waals surface area contributed by atoms with Crippen molar-refractivity contribution in [3.8, 4) is 10.4 Å². The lowest BCUT2D eigenvalue weighted by molar-refractivity contribution is -0.120. The highest BCUT2D eigenvalue weighted by Gasteiger charge is 2.20. The van der Waals surface area contributed by atoms with Crippen molar-refractivity contribution in [2.75, 3.05) is 18.4 Å². The van der Waals surface area contributed by atoms with Gasteiger partial charge in [-0.1, -0.05) is 11.6 Å². The quantitative estimate of drug-likeness (QED) is 0.751. The lowest BCUT2D eigenvalue weighted by Gasteiger charge is -2.26. The molecule has 1 fully saturated rings. The van der Waals surface area contributed by atoms with Crippen LogP contribution in [0, 0.1) is 0 Å². The van der Waals surface area contributed by atoms with Gasteiger partial charge in [0.1, 0.15) is 5.78 Å². The Morgan fingerprint density at radius 2 is 2.00 bits per heavy atom. The van der Waals surface area contributed by atoms with Gasteiger partial charge in [0.2, 0.25) is 0 Å². The van der Waals surface area contributed by atoms with E-state index < -0.39 is 0 Å². The molecule has 2 amide bonds. The number of hydrogen-bond acceptors (Lipinski definition) is 3. The molecule has 1 aliphatic rings. The van der Waals surface area contributed by atoms with E-state index in [9.17, 15) is 9.59 Å². The molecule has 1 aromatic heterocycles. The highest BCUT2D eigenvalue weighted by molar-refractivity contribution is 9.10. The number of Topliss-reactive ketones (excluding diaryl/α,β-unsaturated/α-hetero) is 1. The van der Waals surface area contributed by atoms with E-state index >= 15 is 0 Å². The van der Waals surface area contributed by atoms with Crippen molar-refractivity contribution in [3.05, 3.63) is 39.1 Å². The van der Waals surface area contributed by atoms with E-state index in [4.69, 9.17) is 11.6 Å². The van der Waals surface area contributed by atoms with E-state index in [1.54, 1.807) is 22.3 Å². The molecule has 7 heteroatoms. The number of likely N-dealkylation sites (tertiary alicyclic amines) is 1. The van der Waals surface area contributed by atoms with Crippen LogP contribution >= 0.6 is 38.9 Å². The van der Waals surface area contributed by atoms with Crippen molar-refractivity contribution in [2.24, 2.45) is 0 Å². The molecule has 0 aliphatic carbocycles. The molecule has 23 heavy (non-hydrogen) atoms. The SMILES string of the molecule is O=C1CCN(C(=O)Nc2ccc(-c3cc(Br)cs3)c(Cl)c2)CC1. The summed E-state index contributed by atoms with van der Waals surface area (Å²) < 4.78 is 1.02. The van der Waals surface area contributed by atoms with Crippen molar-refractivity contribution in [1.29, 1.82) is 0 Å². The Morgan fingerprint density at radius 1 is 1.26 bits per heavy atom. The molecule has 120 valence electrons. The molecular weight excluding hydrogens is 400 g/mol. The lowest BCUT2D eigenvalue weighted by atomic mass is 10.1. The fourth-order valence-electron chi connectivity index (χ4n) is 2.41. The molecule has 1 saturated heterocycles. The van der Waals surface area contributed by atoms with Gasteiger partial charge in [-0.3, -0.25) is 4.79 Å². The first-order valence-corrected chi connectivity index (χ1v) is 9.19. The van der Waals surface area contributed by atoms with Gasteiger partial charge in [-0.25, -0.2) is 4.79 Å². The Balaban J connectivity index is 1.70. The first-order chi connectivity index (χ1) is 11.0. The van der Waals surface area contributed by atoms with Gasteiger partial charge < -0.3 is 10.2 Å². The minimum absolute atomic E-state index is 0.194. The van der Waals surface area contributed by atoms with Crippen LogP contribution in [0.15, 0.2) is 34.1 Å². The van der Waals surface area contributed by atoms with Crippen LogP contribution in [0.25, 0.3) is 10.4 Å². The number of halogens is 2. The van der Waals surface area contributed by atoms with Crippen LogP contribution in [0.2, 0.25) is 5.02 Å². The number of rotatable bonds is 2. The summed E-state index contributed by atoms with van der Waals surface area (Å²) in [6.45, 7) is 0.944. The number of carbonyl (C=O) groups is 2. The number of hydrogen-bond donors (Lipinski definition) is 1. The number of piperidine rings is 1. The van der Waals surface area contributed by atoms with Crippen LogP contribution in [0.1, 0.15) is 12.8 Å². The lowest BCUT2D eigenvalue weighted by Crippen LogP contribution is -2.41. The van der Waals surface area contributed by atoms with Crippen LogP contribution in [0.3, 0.4) is 0 Å². The number of urea groups is 1. The Kier molecular flexibility index (Phi) is 5.04. The zero-order valence-electron chi connectivity index (χ0n) is 12.1. The third kappa shape index (κ3) is 3.94.